The van der Waals surface area contributed by atoms with Crippen molar-refractivity contribution < 1.29 is 38.5 Å². The molecule has 1 aromatic rings. The van der Waals surface area contributed by atoms with Crippen molar-refractivity contribution in [2.45, 2.75) is 109 Å². The smallest absolute Gasteiger partial charge is 0.293 e. The Bertz CT molecular complexity index is 1420. The zero-order chi connectivity index (χ0) is 37.1. The van der Waals surface area contributed by atoms with E-state index < -0.39 is 60.1 Å². The molecule has 2 aliphatic heterocycles. The Morgan fingerprint density at radius 1 is 0.980 bits per heavy atom. The van der Waals surface area contributed by atoms with Crippen molar-refractivity contribution in [3.8, 4) is 0 Å². The molecule has 1 aromatic carbocycles. The van der Waals surface area contributed by atoms with E-state index >= 15 is 0 Å². The van der Waals surface area contributed by atoms with E-state index in [1.54, 1.807) is 7.11 Å². The highest BCUT2D eigenvalue weighted by Crippen LogP contribution is 2.38. The number of carbonyl (C=O) groups excluding carboxylic acids is 4. The summed E-state index contributed by atoms with van der Waals surface area (Å²) in [6.45, 7) is 8.38. The van der Waals surface area contributed by atoms with Crippen LogP contribution in [0.3, 0.4) is 0 Å². The molecule has 4 rings (SSSR count). The summed E-state index contributed by atoms with van der Waals surface area (Å²) >= 11 is 0. The normalized spacial score (nSPS) is 34.5. The number of aryl methyl sites for hydroxylation is 1. The Labute approximate surface area is 303 Å². The summed E-state index contributed by atoms with van der Waals surface area (Å²) in [6, 6.07) is 9.23. The van der Waals surface area contributed by atoms with E-state index in [2.05, 4.69) is 18.3 Å². The fraction of sp³-hybridized carbons (Fsp3) is 0.610. The zero-order valence-corrected chi connectivity index (χ0v) is 31.2. The van der Waals surface area contributed by atoms with Gasteiger partial charge in [0.05, 0.1) is 18.3 Å². The van der Waals surface area contributed by atoms with E-state index in [4.69, 9.17) is 14.2 Å². The van der Waals surface area contributed by atoms with Crippen LogP contribution >= 0.6 is 0 Å². The number of ether oxygens (including phenoxy) is 3. The number of ketones is 2. The molecule has 3 aliphatic rings. The summed E-state index contributed by atoms with van der Waals surface area (Å²) < 4.78 is 18.5. The number of carbonyl (C=O) groups is 4. The average molecular weight is 707 g/mol. The van der Waals surface area contributed by atoms with Crippen molar-refractivity contribution >= 4 is 23.4 Å². The van der Waals surface area contributed by atoms with Crippen molar-refractivity contribution in [1.82, 2.24) is 10.2 Å². The predicted octanol–water partition coefficient (Wildman–Crippen LogP) is 4.79. The number of methoxy groups -OCH3 is 2. The average Bonchev–Trinajstić information content (AvgIpc) is 3.14. The number of benzene rings is 1. The molecule has 0 spiro atoms. The van der Waals surface area contributed by atoms with Crippen molar-refractivity contribution in [1.29, 1.82) is 0 Å². The van der Waals surface area contributed by atoms with Crippen molar-refractivity contribution in [2.24, 2.45) is 23.7 Å². The molecule has 280 valence electrons. The van der Waals surface area contributed by atoms with Crippen molar-refractivity contribution in [3.63, 3.8) is 0 Å². The fourth-order valence-corrected chi connectivity index (χ4v) is 7.88. The molecular weight excluding hydrogens is 648 g/mol. The van der Waals surface area contributed by atoms with E-state index in [1.165, 1.54) is 17.6 Å². The lowest BCUT2D eigenvalue weighted by molar-refractivity contribution is -0.195. The lowest BCUT2D eigenvalue weighted by Gasteiger charge is -2.45. The number of hydrogen-bond donors (Lipinski definition) is 2. The van der Waals surface area contributed by atoms with Gasteiger partial charge in [0, 0.05) is 39.1 Å². The Hall–Kier alpha value is -3.44. The first-order valence-corrected chi connectivity index (χ1v) is 18.6. The molecule has 5 unspecified atom stereocenters. The van der Waals surface area contributed by atoms with E-state index in [0.717, 1.165) is 24.8 Å². The monoisotopic (exact) mass is 706 g/mol. The van der Waals surface area contributed by atoms with Crippen LogP contribution in [-0.2, 0) is 39.8 Å². The minimum Gasteiger partial charge on any atom is -0.390 e. The number of Topliss-reactive ketones (excluding diaryl/α,β-unsaturated/α-hetero) is 2. The largest absolute Gasteiger partial charge is 0.390 e. The summed E-state index contributed by atoms with van der Waals surface area (Å²) in [7, 11) is 3.06. The van der Waals surface area contributed by atoms with E-state index in [-0.39, 0.29) is 30.1 Å². The maximum Gasteiger partial charge on any atom is 0.293 e. The van der Waals surface area contributed by atoms with E-state index in [1.807, 2.05) is 75.4 Å². The van der Waals surface area contributed by atoms with Gasteiger partial charge in [0.15, 0.2) is 11.9 Å². The first kappa shape index (κ1) is 40.3. The Kier molecular flexibility index (Phi) is 15.4. The number of aliphatic hydroxyl groups is 1. The van der Waals surface area contributed by atoms with Gasteiger partial charge in [-0.3, -0.25) is 19.2 Å². The Morgan fingerprint density at radius 3 is 2.41 bits per heavy atom. The highest BCUT2D eigenvalue weighted by atomic mass is 16.5. The van der Waals surface area contributed by atoms with Gasteiger partial charge < -0.3 is 29.5 Å². The van der Waals surface area contributed by atoms with Crippen LogP contribution in [0, 0.1) is 23.7 Å². The van der Waals surface area contributed by atoms with Crippen LogP contribution < -0.4 is 5.32 Å². The third kappa shape index (κ3) is 10.3. The van der Waals surface area contributed by atoms with Gasteiger partial charge in [-0.05, 0) is 74.8 Å². The van der Waals surface area contributed by atoms with E-state index in [9.17, 15) is 24.3 Å². The number of hydrogen-bond acceptors (Lipinski definition) is 8. The second-order valence-corrected chi connectivity index (χ2v) is 14.6. The van der Waals surface area contributed by atoms with E-state index in [0.29, 0.717) is 32.2 Å². The second-order valence-electron chi connectivity index (χ2n) is 14.6. The maximum atomic E-state index is 14.1. The number of likely N-dealkylation sites (tertiary alicyclic amines) is 1. The van der Waals surface area contributed by atoms with Crippen LogP contribution in [0.25, 0.3) is 0 Å². The Morgan fingerprint density at radius 2 is 1.71 bits per heavy atom. The summed E-state index contributed by atoms with van der Waals surface area (Å²) in [4.78, 5) is 56.8. The topological polar surface area (TPSA) is 131 Å². The van der Waals surface area contributed by atoms with Gasteiger partial charge in [-0.1, -0.05) is 81.5 Å². The summed E-state index contributed by atoms with van der Waals surface area (Å²) in [6.07, 6.45) is 9.07. The third-order valence-electron chi connectivity index (χ3n) is 10.7. The molecule has 10 heteroatoms. The zero-order valence-electron chi connectivity index (χ0n) is 31.2. The van der Waals surface area contributed by atoms with Crippen LogP contribution in [0.15, 0.2) is 66.3 Å². The van der Waals surface area contributed by atoms with Gasteiger partial charge in [0.25, 0.3) is 11.7 Å². The standard InChI is InChI=1S/C41H58N2O8/c1-26-16-9-7-10-17-27(2)37(49-5)33(38(50-6)34(44)28(3)24-26)32-25-29(4)35(45)39(51-32)36(46)41(48)43-23-14-13-21-31(43)40(47)42-22-15-20-30-18-11-8-12-19-30/h7-12,16-19,26,28-29,31-33,35,37-39,45H,13-15,20-25H2,1-6H3,(H,42,47)/b10-7-,16-9-,27-17-/t26-,28+,29?,31?,32?,33?,35+,37-,38?,39+/m0/s1. The van der Waals surface area contributed by atoms with Gasteiger partial charge in [-0.25, -0.2) is 0 Å². The maximum absolute atomic E-state index is 14.1. The number of nitrogens with one attached hydrogen (secondary N) is 1. The molecule has 51 heavy (non-hydrogen) atoms. The molecule has 2 amide bonds. The van der Waals surface area contributed by atoms with Gasteiger partial charge >= 0.3 is 0 Å². The lowest BCUT2D eigenvalue weighted by atomic mass is 9.75. The molecule has 10 nitrogen and oxygen atoms in total. The molecule has 0 aromatic heterocycles. The van der Waals surface area contributed by atoms with Crippen LogP contribution in [-0.4, -0.2) is 97.3 Å². The van der Waals surface area contributed by atoms with Gasteiger partial charge in [0.2, 0.25) is 5.91 Å². The number of nitrogens with zero attached hydrogens (tertiary/aromatic N) is 1. The highest BCUT2D eigenvalue weighted by molar-refractivity contribution is 6.38. The third-order valence-corrected chi connectivity index (χ3v) is 10.7. The lowest BCUT2D eigenvalue weighted by Crippen LogP contribution is -2.60. The molecule has 2 N–H and O–H groups in total. The van der Waals surface area contributed by atoms with Gasteiger partial charge in [-0.2, -0.15) is 0 Å². The molecule has 0 bridgehead atoms. The fourth-order valence-electron chi connectivity index (χ4n) is 7.88. The Balaban J connectivity index is 1.56. The molecule has 2 heterocycles. The summed E-state index contributed by atoms with van der Waals surface area (Å²) in [5.74, 6) is -3.45. The van der Waals surface area contributed by atoms with Gasteiger partial charge in [-0.15, -0.1) is 0 Å². The quantitative estimate of drug-likeness (QED) is 0.263. The minimum atomic E-state index is -1.48. The van der Waals surface area contributed by atoms with Crippen LogP contribution in [0.1, 0.15) is 71.8 Å². The SMILES string of the molecule is COC1C(=O)[C@H](C)C[C@@H](C)\C=C/C=C\C=C(\C)[C@H](OC)C1C1CC(C)[C@@H](O)[C@H](C(=O)C(=O)N2CCCCC2C(=O)NCCCc2ccccc2)O1. The van der Waals surface area contributed by atoms with Crippen LogP contribution in [0.4, 0.5) is 0 Å². The molecular formula is C41H58N2O8. The molecule has 10 atom stereocenters. The minimum absolute atomic E-state index is 0.0999. The molecule has 0 radical (unpaired) electrons. The summed E-state index contributed by atoms with van der Waals surface area (Å²) in [5.41, 5.74) is 2.01. The number of rotatable bonds is 10. The van der Waals surface area contributed by atoms with Crippen LogP contribution in [0.2, 0.25) is 0 Å². The highest BCUT2D eigenvalue weighted by Gasteiger charge is 2.51. The summed E-state index contributed by atoms with van der Waals surface area (Å²) in [5, 5.41) is 14.3. The van der Waals surface area contributed by atoms with Crippen molar-refractivity contribution in [3.05, 3.63) is 71.8 Å². The first-order valence-electron chi connectivity index (χ1n) is 18.6. The molecule has 0 saturated carbocycles. The molecule has 2 saturated heterocycles. The molecule has 2 fully saturated rings. The van der Waals surface area contributed by atoms with Gasteiger partial charge in [0.1, 0.15) is 12.1 Å². The first-order chi connectivity index (χ1) is 24.5. The van der Waals surface area contributed by atoms with Crippen LogP contribution in [0.5, 0.6) is 0 Å². The van der Waals surface area contributed by atoms with Crippen molar-refractivity contribution in [2.75, 3.05) is 27.3 Å². The second kappa shape index (κ2) is 19.4. The number of aliphatic hydroxyl groups excluding tert-OH is 1. The number of allylic oxidation sites excluding steroid dienone is 5. The predicted molar refractivity (Wildman–Crippen MR) is 196 cm³/mol. The number of piperidine rings is 1. The number of amides is 2. The molecule has 1 aliphatic carbocycles.